The van der Waals surface area contributed by atoms with Gasteiger partial charge >= 0.3 is 0 Å². The van der Waals surface area contributed by atoms with Gasteiger partial charge in [0.15, 0.2) is 5.13 Å². The van der Waals surface area contributed by atoms with Crippen molar-refractivity contribution in [2.24, 2.45) is 0 Å². The third kappa shape index (κ3) is 4.95. The molecule has 6 nitrogen and oxygen atoms in total. The second-order valence-corrected chi connectivity index (χ2v) is 9.14. The van der Waals surface area contributed by atoms with E-state index in [1.807, 2.05) is 30.0 Å². The Hall–Kier alpha value is -1.99. The molecule has 4 rings (SSSR count). The minimum atomic E-state index is -0.0348. The van der Waals surface area contributed by atoms with Gasteiger partial charge in [0.05, 0.1) is 16.6 Å². The van der Waals surface area contributed by atoms with Crippen LogP contribution in [0.1, 0.15) is 51.0 Å². The molecular formula is C22H30N4O2S. The van der Waals surface area contributed by atoms with E-state index in [4.69, 9.17) is 0 Å². The lowest BCUT2D eigenvalue weighted by molar-refractivity contribution is -0.132. The van der Waals surface area contributed by atoms with Gasteiger partial charge in [0.2, 0.25) is 11.8 Å². The maximum atomic E-state index is 12.8. The third-order valence-corrected chi connectivity index (χ3v) is 7.03. The van der Waals surface area contributed by atoms with Gasteiger partial charge < -0.3 is 15.1 Å². The average molecular weight is 415 g/mol. The van der Waals surface area contributed by atoms with E-state index in [9.17, 15) is 9.59 Å². The van der Waals surface area contributed by atoms with Crippen LogP contribution >= 0.6 is 11.3 Å². The molecule has 1 aromatic carbocycles. The maximum Gasteiger partial charge on any atom is 0.226 e. The number of nitrogens with zero attached hydrogens (tertiary/aromatic N) is 3. The van der Waals surface area contributed by atoms with Gasteiger partial charge in [-0.15, -0.1) is 0 Å². The molecule has 0 aliphatic carbocycles. The molecule has 0 atom stereocenters. The van der Waals surface area contributed by atoms with Gasteiger partial charge in [-0.05, 0) is 56.5 Å². The second kappa shape index (κ2) is 9.22. The summed E-state index contributed by atoms with van der Waals surface area (Å²) in [5.41, 5.74) is 1.87. The fraction of sp³-hybridized carbons (Fsp3) is 0.591. The van der Waals surface area contributed by atoms with Crippen molar-refractivity contribution in [3.63, 3.8) is 0 Å². The summed E-state index contributed by atoms with van der Waals surface area (Å²) in [6, 6.07) is 6.61. The first kappa shape index (κ1) is 20.3. The molecule has 2 aromatic rings. The largest absolute Gasteiger partial charge is 0.342 e. The van der Waals surface area contributed by atoms with Crippen LogP contribution in [0.15, 0.2) is 18.2 Å². The Morgan fingerprint density at radius 2 is 1.90 bits per heavy atom. The van der Waals surface area contributed by atoms with Crippen molar-refractivity contribution >= 4 is 38.5 Å². The highest BCUT2D eigenvalue weighted by Gasteiger charge is 2.27. The van der Waals surface area contributed by atoms with Gasteiger partial charge in [0.1, 0.15) is 0 Å². The maximum absolute atomic E-state index is 12.8. The molecule has 2 fully saturated rings. The molecular weight excluding hydrogens is 384 g/mol. The Labute approximate surface area is 176 Å². The summed E-state index contributed by atoms with van der Waals surface area (Å²) in [6.45, 7) is 6.02. The molecule has 0 radical (unpaired) electrons. The minimum absolute atomic E-state index is 0.0348. The predicted molar refractivity (Wildman–Crippen MR) is 117 cm³/mol. The summed E-state index contributed by atoms with van der Waals surface area (Å²) in [6.07, 6.45) is 7.07. The van der Waals surface area contributed by atoms with Crippen molar-refractivity contribution in [3.8, 4) is 0 Å². The van der Waals surface area contributed by atoms with E-state index in [-0.39, 0.29) is 11.8 Å². The zero-order valence-electron chi connectivity index (χ0n) is 17.2. The standard InChI is InChI=1S/C22H30N4O2S/c1-2-20(27)24-22-23-18-7-6-16(14-19(18)29-22)15-21(28)26-12-8-17(9-13-26)25-10-4-3-5-11-25/h6-7,14,17H,2-5,8-13,15H2,1H3,(H,23,24,27). The van der Waals surface area contributed by atoms with Crippen molar-refractivity contribution in [1.82, 2.24) is 14.8 Å². The molecule has 2 saturated heterocycles. The number of fused-ring (bicyclic) bond motifs is 1. The number of aromatic nitrogens is 1. The van der Waals surface area contributed by atoms with Gasteiger partial charge in [0.25, 0.3) is 0 Å². The van der Waals surface area contributed by atoms with Crippen LogP contribution in [0, 0.1) is 0 Å². The molecule has 0 saturated carbocycles. The number of likely N-dealkylation sites (tertiary alicyclic amines) is 2. The van der Waals surface area contributed by atoms with Crippen molar-refractivity contribution in [2.75, 3.05) is 31.5 Å². The van der Waals surface area contributed by atoms with Crippen LogP contribution in [-0.2, 0) is 16.0 Å². The van der Waals surface area contributed by atoms with Gasteiger partial charge in [-0.25, -0.2) is 4.98 Å². The summed E-state index contributed by atoms with van der Waals surface area (Å²) in [5, 5.41) is 3.43. The number of rotatable bonds is 5. The molecule has 0 spiro atoms. The zero-order valence-corrected chi connectivity index (χ0v) is 18.0. The molecule has 1 aromatic heterocycles. The summed E-state index contributed by atoms with van der Waals surface area (Å²) in [5.74, 6) is 0.179. The van der Waals surface area contributed by atoms with Crippen molar-refractivity contribution < 1.29 is 9.59 Å². The van der Waals surface area contributed by atoms with Crippen LogP contribution in [0.25, 0.3) is 10.2 Å². The number of piperidine rings is 2. The van der Waals surface area contributed by atoms with E-state index in [1.165, 1.54) is 43.7 Å². The Morgan fingerprint density at radius 3 is 2.62 bits per heavy atom. The van der Waals surface area contributed by atoms with E-state index in [1.54, 1.807) is 0 Å². The van der Waals surface area contributed by atoms with E-state index >= 15 is 0 Å². The summed E-state index contributed by atoms with van der Waals surface area (Å²) in [4.78, 5) is 33.5. The summed E-state index contributed by atoms with van der Waals surface area (Å²) in [7, 11) is 0. The Morgan fingerprint density at radius 1 is 1.14 bits per heavy atom. The van der Waals surface area contributed by atoms with Crippen molar-refractivity contribution in [1.29, 1.82) is 0 Å². The normalized spacial score (nSPS) is 18.9. The fourth-order valence-electron chi connectivity index (χ4n) is 4.39. The predicted octanol–water partition coefficient (Wildman–Crippen LogP) is 3.66. The molecule has 0 unspecified atom stereocenters. The molecule has 2 aliphatic heterocycles. The Kier molecular flexibility index (Phi) is 6.45. The number of carbonyl (C=O) groups is 2. The van der Waals surface area contributed by atoms with Crippen LogP contribution < -0.4 is 5.32 Å². The first-order chi connectivity index (χ1) is 14.1. The van der Waals surface area contributed by atoms with Gasteiger partial charge in [-0.1, -0.05) is 30.7 Å². The molecule has 29 heavy (non-hydrogen) atoms. The number of anilines is 1. The molecule has 2 amide bonds. The molecule has 2 aliphatic rings. The number of hydrogen-bond donors (Lipinski definition) is 1. The molecule has 7 heteroatoms. The zero-order chi connectivity index (χ0) is 20.2. The lowest BCUT2D eigenvalue weighted by atomic mass is 9.99. The summed E-state index contributed by atoms with van der Waals surface area (Å²) >= 11 is 1.46. The molecule has 3 heterocycles. The Balaban J connectivity index is 1.33. The van der Waals surface area contributed by atoms with E-state index in [2.05, 4.69) is 15.2 Å². The van der Waals surface area contributed by atoms with Crippen molar-refractivity contribution in [3.05, 3.63) is 23.8 Å². The molecule has 156 valence electrons. The first-order valence-corrected chi connectivity index (χ1v) is 11.6. The van der Waals surface area contributed by atoms with E-state index < -0.39 is 0 Å². The number of carbonyl (C=O) groups excluding carboxylic acids is 2. The van der Waals surface area contributed by atoms with Gasteiger partial charge in [-0.2, -0.15) is 0 Å². The molecule has 0 bridgehead atoms. The van der Waals surface area contributed by atoms with Crippen LogP contribution in [0.5, 0.6) is 0 Å². The number of amides is 2. The summed E-state index contributed by atoms with van der Waals surface area (Å²) < 4.78 is 1.01. The smallest absolute Gasteiger partial charge is 0.226 e. The number of nitrogens with one attached hydrogen (secondary N) is 1. The lowest BCUT2D eigenvalue weighted by Gasteiger charge is -2.40. The Bertz CT molecular complexity index is 867. The minimum Gasteiger partial charge on any atom is -0.342 e. The monoisotopic (exact) mass is 414 g/mol. The highest BCUT2D eigenvalue weighted by molar-refractivity contribution is 7.22. The second-order valence-electron chi connectivity index (χ2n) is 8.11. The van der Waals surface area contributed by atoms with Crippen LogP contribution in [0.4, 0.5) is 5.13 Å². The average Bonchev–Trinajstić information content (AvgIpc) is 3.15. The van der Waals surface area contributed by atoms with Crippen LogP contribution in [-0.4, -0.2) is 58.8 Å². The highest BCUT2D eigenvalue weighted by Crippen LogP contribution is 2.27. The van der Waals surface area contributed by atoms with Gasteiger partial charge in [-0.3, -0.25) is 9.59 Å². The van der Waals surface area contributed by atoms with E-state index in [0.29, 0.717) is 24.0 Å². The third-order valence-electron chi connectivity index (χ3n) is 6.10. The fourth-order valence-corrected chi connectivity index (χ4v) is 5.34. The number of hydrogen-bond acceptors (Lipinski definition) is 5. The molecule has 1 N–H and O–H groups in total. The van der Waals surface area contributed by atoms with Crippen LogP contribution in [0.3, 0.4) is 0 Å². The highest BCUT2D eigenvalue weighted by atomic mass is 32.1. The van der Waals surface area contributed by atoms with Gasteiger partial charge in [0, 0.05) is 25.6 Å². The first-order valence-electron chi connectivity index (χ1n) is 10.8. The van der Waals surface area contributed by atoms with Crippen molar-refractivity contribution in [2.45, 2.75) is 57.9 Å². The number of benzene rings is 1. The van der Waals surface area contributed by atoms with Crippen LogP contribution in [0.2, 0.25) is 0 Å². The van der Waals surface area contributed by atoms with E-state index in [0.717, 1.165) is 41.7 Å². The quantitative estimate of drug-likeness (QED) is 0.811. The SMILES string of the molecule is CCC(=O)Nc1nc2ccc(CC(=O)N3CCC(N4CCCCC4)CC3)cc2s1. The topological polar surface area (TPSA) is 65.5 Å². The lowest BCUT2D eigenvalue weighted by Crippen LogP contribution is -2.48. The number of thiazole rings is 1.